The number of rotatable bonds is 12. The van der Waals surface area contributed by atoms with E-state index in [9.17, 15) is 20.1 Å². The normalized spacial score (nSPS) is 27.6. The lowest BCUT2D eigenvalue weighted by molar-refractivity contribution is -0.136. The lowest BCUT2D eigenvalue weighted by Gasteiger charge is -2.19. The van der Waals surface area contributed by atoms with Gasteiger partial charge in [0.05, 0.1) is 18.3 Å². The third-order valence-electron chi connectivity index (χ3n) is 4.89. The zero-order valence-electron chi connectivity index (χ0n) is 16.2. The summed E-state index contributed by atoms with van der Waals surface area (Å²) in [5.41, 5.74) is 0. The first kappa shape index (κ1) is 23.3. The Morgan fingerprint density at radius 3 is 2.30 bits per heavy atom. The molecule has 0 spiro atoms. The highest BCUT2D eigenvalue weighted by Crippen LogP contribution is 2.35. The van der Waals surface area contributed by atoms with E-state index in [1.165, 1.54) is 0 Å². The first-order chi connectivity index (χ1) is 13.0. The predicted octanol–water partition coefficient (Wildman–Crippen LogP) is 3.38. The SMILES string of the molecule is CC[C@@H]1[C@H](/C=C/[C@@H](O)C/C=C\C/C=C\C/C=C\CCC(=O)O)[C@H](O)C[C@@H]1O. The molecule has 1 aliphatic carbocycles. The molecule has 5 atom stereocenters. The Hall–Kier alpha value is -1.69. The van der Waals surface area contributed by atoms with Crippen LogP contribution in [-0.4, -0.2) is 44.7 Å². The van der Waals surface area contributed by atoms with Crippen molar-refractivity contribution in [1.29, 1.82) is 0 Å². The summed E-state index contributed by atoms with van der Waals surface area (Å²) in [6, 6.07) is 0. The number of aliphatic carboxylic acids is 1. The van der Waals surface area contributed by atoms with Gasteiger partial charge in [0.25, 0.3) is 0 Å². The van der Waals surface area contributed by atoms with Crippen LogP contribution in [0.15, 0.2) is 48.6 Å². The smallest absolute Gasteiger partial charge is 0.303 e. The molecule has 5 heteroatoms. The molecule has 0 bridgehead atoms. The highest BCUT2D eigenvalue weighted by Gasteiger charge is 2.38. The van der Waals surface area contributed by atoms with Gasteiger partial charge in [-0.2, -0.15) is 0 Å². The minimum absolute atomic E-state index is 0.0577. The van der Waals surface area contributed by atoms with Gasteiger partial charge >= 0.3 is 5.97 Å². The molecule has 4 N–H and O–H groups in total. The summed E-state index contributed by atoms with van der Waals surface area (Å²) in [5.74, 6) is -0.808. The van der Waals surface area contributed by atoms with E-state index < -0.39 is 24.3 Å². The second kappa shape index (κ2) is 13.5. The number of hydrogen-bond acceptors (Lipinski definition) is 4. The summed E-state index contributed by atoms with van der Waals surface area (Å²) in [5, 5.41) is 38.5. The Bertz CT molecular complexity index is 535. The van der Waals surface area contributed by atoms with Gasteiger partial charge in [-0.3, -0.25) is 4.79 Å². The highest BCUT2D eigenvalue weighted by molar-refractivity contribution is 5.66. The largest absolute Gasteiger partial charge is 0.481 e. The van der Waals surface area contributed by atoms with Gasteiger partial charge in [-0.1, -0.05) is 62.0 Å². The van der Waals surface area contributed by atoms with E-state index in [4.69, 9.17) is 5.11 Å². The molecular formula is C22H34O5. The molecule has 5 nitrogen and oxygen atoms in total. The Labute approximate surface area is 162 Å². The van der Waals surface area contributed by atoms with Crippen molar-refractivity contribution < 1.29 is 25.2 Å². The molecule has 0 aromatic carbocycles. The molecule has 1 aliphatic rings. The second-order valence-corrected chi connectivity index (χ2v) is 7.03. The van der Waals surface area contributed by atoms with Gasteiger partial charge in [0.2, 0.25) is 0 Å². The molecule has 0 radical (unpaired) electrons. The number of hydrogen-bond donors (Lipinski definition) is 4. The van der Waals surface area contributed by atoms with Gasteiger partial charge in [-0.25, -0.2) is 0 Å². The predicted molar refractivity (Wildman–Crippen MR) is 107 cm³/mol. The van der Waals surface area contributed by atoms with Crippen LogP contribution in [0.25, 0.3) is 0 Å². The van der Waals surface area contributed by atoms with Crippen molar-refractivity contribution in [1.82, 2.24) is 0 Å². The van der Waals surface area contributed by atoms with Crippen molar-refractivity contribution in [3.8, 4) is 0 Å². The van der Waals surface area contributed by atoms with Crippen LogP contribution >= 0.6 is 0 Å². The number of allylic oxidation sites excluding steroid dienone is 5. The molecule has 27 heavy (non-hydrogen) atoms. The fourth-order valence-corrected chi connectivity index (χ4v) is 3.37. The molecule has 0 aromatic heterocycles. The fourth-order valence-electron chi connectivity index (χ4n) is 3.37. The molecule has 0 aliphatic heterocycles. The summed E-state index contributed by atoms with van der Waals surface area (Å²) >= 11 is 0. The average molecular weight is 379 g/mol. The van der Waals surface area contributed by atoms with E-state index in [0.717, 1.165) is 19.3 Å². The maximum absolute atomic E-state index is 10.3. The maximum Gasteiger partial charge on any atom is 0.303 e. The minimum Gasteiger partial charge on any atom is -0.481 e. The van der Waals surface area contributed by atoms with Gasteiger partial charge in [-0.15, -0.1) is 0 Å². The van der Waals surface area contributed by atoms with E-state index in [1.807, 2.05) is 49.5 Å². The van der Waals surface area contributed by atoms with Crippen molar-refractivity contribution >= 4 is 5.97 Å². The summed E-state index contributed by atoms with van der Waals surface area (Å²) in [4.78, 5) is 10.3. The number of aliphatic hydroxyl groups is 3. The lowest BCUT2D eigenvalue weighted by Crippen LogP contribution is -2.20. The van der Waals surface area contributed by atoms with Gasteiger partial charge in [0, 0.05) is 18.8 Å². The molecule has 1 rings (SSSR count). The van der Waals surface area contributed by atoms with Gasteiger partial charge in [-0.05, 0) is 31.6 Å². The van der Waals surface area contributed by atoms with Crippen LogP contribution < -0.4 is 0 Å². The standard InChI is InChI=1S/C22H34O5/c1-2-18-19(21(25)16-20(18)24)15-14-17(23)12-10-8-6-4-3-5-7-9-11-13-22(26)27/h3-4,7-10,14-15,17-21,23-25H,2,5-6,11-13,16H2,1H3,(H,26,27)/b4-3-,9-7-,10-8-,15-14+/t17-,18+,19-,20-,21+/m0/s1. The Morgan fingerprint density at radius 1 is 1.04 bits per heavy atom. The van der Waals surface area contributed by atoms with E-state index >= 15 is 0 Å². The Morgan fingerprint density at radius 2 is 1.67 bits per heavy atom. The van der Waals surface area contributed by atoms with Crippen LogP contribution in [0.4, 0.5) is 0 Å². The summed E-state index contributed by atoms with van der Waals surface area (Å²) < 4.78 is 0. The van der Waals surface area contributed by atoms with Crippen LogP contribution in [0.3, 0.4) is 0 Å². The quantitative estimate of drug-likeness (QED) is 0.390. The molecule has 1 saturated carbocycles. The van der Waals surface area contributed by atoms with Crippen LogP contribution in [0.5, 0.6) is 0 Å². The van der Waals surface area contributed by atoms with E-state index in [2.05, 4.69) is 0 Å². The molecule has 1 fully saturated rings. The first-order valence-electron chi connectivity index (χ1n) is 9.85. The van der Waals surface area contributed by atoms with E-state index in [1.54, 1.807) is 6.08 Å². The summed E-state index contributed by atoms with van der Waals surface area (Å²) in [6.07, 6.45) is 17.8. The molecule has 152 valence electrons. The monoisotopic (exact) mass is 378 g/mol. The summed E-state index contributed by atoms with van der Waals surface area (Å²) in [7, 11) is 0. The minimum atomic E-state index is -0.778. The van der Waals surface area contributed by atoms with Gasteiger partial charge < -0.3 is 20.4 Å². The number of carboxylic acids is 1. The third-order valence-corrected chi connectivity index (χ3v) is 4.89. The van der Waals surface area contributed by atoms with Crippen molar-refractivity contribution in [2.24, 2.45) is 11.8 Å². The number of carbonyl (C=O) groups is 1. The topological polar surface area (TPSA) is 98.0 Å². The Kier molecular flexibility index (Phi) is 11.7. The van der Waals surface area contributed by atoms with Crippen LogP contribution in [0, 0.1) is 11.8 Å². The van der Waals surface area contributed by atoms with Crippen molar-refractivity contribution in [3.63, 3.8) is 0 Å². The molecule has 0 heterocycles. The molecule has 0 saturated heterocycles. The maximum atomic E-state index is 10.3. The van der Waals surface area contributed by atoms with Crippen LogP contribution in [0.2, 0.25) is 0 Å². The van der Waals surface area contributed by atoms with Crippen molar-refractivity contribution in [2.45, 2.75) is 70.2 Å². The lowest BCUT2D eigenvalue weighted by atomic mass is 9.90. The molecule has 0 aromatic rings. The number of aliphatic hydroxyl groups excluding tert-OH is 3. The molecule has 0 unspecified atom stereocenters. The third kappa shape index (κ3) is 9.70. The highest BCUT2D eigenvalue weighted by atomic mass is 16.4. The van der Waals surface area contributed by atoms with Crippen molar-refractivity contribution in [3.05, 3.63) is 48.6 Å². The van der Waals surface area contributed by atoms with Crippen molar-refractivity contribution in [2.75, 3.05) is 0 Å². The zero-order valence-corrected chi connectivity index (χ0v) is 16.2. The second-order valence-electron chi connectivity index (χ2n) is 7.03. The first-order valence-corrected chi connectivity index (χ1v) is 9.85. The average Bonchev–Trinajstić information content (AvgIpc) is 2.90. The van der Waals surface area contributed by atoms with Gasteiger partial charge in [0.15, 0.2) is 0 Å². The Balaban J connectivity index is 2.21. The van der Waals surface area contributed by atoms with Crippen LogP contribution in [0.1, 0.15) is 51.9 Å². The molecule has 0 amide bonds. The van der Waals surface area contributed by atoms with E-state index in [-0.39, 0.29) is 18.3 Å². The van der Waals surface area contributed by atoms with Gasteiger partial charge in [0.1, 0.15) is 0 Å². The molecular weight excluding hydrogens is 344 g/mol. The zero-order chi connectivity index (χ0) is 20.1. The van der Waals surface area contributed by atoms with E-state index in [0.29, 0.717) is 19.3 Å². The van der Waals surface area contributed by atoms with Crippen LogP contribution in [-0.2, 0) is 4.79 Å². The number of carboxylic acid groups (broad SMARTS) is 1. The fraction of sp³-hybridized carbons (Fsp3) is 0.591. The summed E-state index contributed by atoms with van der Waals surface area (Å²) in [6.45, 7) is 2.01.